The number of aromatic nitrogens is 1. The van der Waals surface area contributed by atoms with Gasteiger partial charge in [-0.15, -0.1) is 0 Å². The molecular formula is C17H21NO. The second-order valence-electron chi connectivity index (χ2n) is 5.56. The SMILES string of the molecule is CC(C)c1cccc(C(C)C)c1-n1ccc(C=O)c1. The smallest absolute Gasteiger partial charge is 0.151 e. The maximum atomic E-state index is 10.9. The van der Waals surface area contributed by atoms with E-state index in [1.807, 2.05) is 18.5 Å². The third-order valence-electron chi connectivity index (χ3n) is 3.45. The fourth-order valence-corrected chi connectivity index (χ4v) is 2.43. The molecule has 0 aliphatic carbocycles. The highest BCUT2D eigenvalue weighted by atomic mass is 16.1. The van der Waals surface area contributed by atoms with Gasteiger partial charge in [0.05, 0.1) is 5.69 Å². The maximum absolute atomic E-state index is 10.9. The number of hydrogen-bond donors (Lipinski definition) is 0. The molecule has 100 valence electrons. The Labute approximate surface area is 115 Å². The van der Waals surface area contributed by atoms with Crippen molar-refractivity contribution in [2.75, 3.05) is 0 Å². The van der Waals surface area contributed by atoms with Gasteiger partial charge in [0, 0.05) is 18.0 Å². The summed E-state index contributed by atoms with van der Waals surface area (Å²) in [5, 5.41) is 0. The zero-order chi connectivity index (χ0) is 14.0. The van der Waals surface area contributed by atoms with Gasteiger partial charge < -0.3 is 4.57 Å². The summed E-state index contributed by atoms with van der Waals surface area (Å²) in [6, 6.07) is 8.32. The van der Waals surface area contributed by atoms with Crippen molar-refractivity contribution in [3.05, 3.63) is 53.3 Å². The van der Waals surface area contributed by atoms with Crippen LogP contribution in [0.2, 0.25) is 0 Å². The van der Waals surface area contributed by atoms with Gasteiger partial charge in [-0.3, -0.25) is 4.79 Å². The molecule has 1 heterocycles. The van der Waals surface area contributed by atoms with E-state index >= 15 is 0 Å². The molecule has 2 nitrogen and oxygen atoms in total. The number of rotatable bonds is 4. The summed E-state index contributed by atoms with van der Waals surface area (Å²) in [4.78, 5) is 10.9. The molecule has 0 saturated heterocycles. The number of hydrogen-bond acceptors (Lipinski definition) is 1. The second kappa shape index (κ2) is 5.43. The van der Waals surface area contributed by atoms with Crippen LogP contribution in [0.5, 0.6) is 0 Å². The Bertz CT molecular complexity index is 552. The molecule has 2 heteroatoms. The van der Waals surface area contributed by atoms with Gasteiger partial charge in [0.2, 0.25) is 0 Å². The van der Waals surface area contributed by atoms with E-state index in [0.29, 0.717) is 17.4 Å². The number of carbonyl (C=O) groups is 1. The van der Waals surface area contributed by atoms with Crippen molar-refractivity contribution < 1.29 is 4.79 Å². The van der Waals surface area contributed by atoms with Gasteiger partial charge in [0.25, 0.3) is 0 Å². The molecular weight excluding hydrogens is 234 g/mol. The molecule has 0 spiro atoms. The first-order chi connectivity index (χ1) is 9.04. The largest absolute Gasteiger partial charge is 0.323 e. The van der Waals surface area contributed by atoms with Crippen LogP contribution in [-0.2, 0) is 0 Å². The van der Waals surface area contributed by atoms with Crippen LogP contribution in [0.15, 0.2) is 36.7 Å². The van der Waals surface area contributed by atoms with Gasteiger partial charge in [-0.2, -0.15) is 0 Å². The van der Waals surface area contributed by atoms with Gasteiger partial charge in [0.1, 0.15) is 0 Å². The normalized spacial score (nSPS) is 11.3. The van der Waals surface area contributed by atoms with Crippen LogP contribution in [0.1, 0.15) is 61.0 Å². The van der Waals surface area contributed by atoms with E-state index in [4.69, 9.17) is 0 Å². The molecule has 0 fully saturated rings. The Morgan fingerprint density at radius 1 is 1.00 bits per heavy atom. The van der Waals surface area contributed by atoms with Crippen molar-refractivity contribution in [2.24, 2.45) is 0 Å². The number of aldehydes is 1. The Morgan fingerprint density at radius 2 is 1.58 bits per heavy atom. The van der Waals surface area contributed by atoms with Crippen LogP contribution in [0.25, 0.3) is 5.69 Å². The molecule has 0 aliphatic heterocycles. The minimum Gasteiger partial charge on any atom is -0.323 e. The maximum Gasteiger partial charge on any atom is 0.151 e. The standard InChI is InChI=1S/C17H21NO/c1-12(2)15-6-5-7-16(13(3)4)17(15)18-9-8-14(10-18)11-19/h5-13H,1-4H3. The average molecular weight is 255 g/mol. The van der Waals surface area contributed by atoms with Gasteiger partial charge in [-0.25, -0.2) is 0 Å². The van der Waals surface area contributed by atoms with E-state index in [2.05, 4.69) is 50.5 Å². The first-order valence-corrected chi connectivity index (χ1v) is 6.81. The summed E-state index contributed by atoms with van der Waals surface area (Å²) in [7, 11) is 0. The predicted molar refractivity (Wildman–Crippen MR) is 79.3 cm³/mol. The number of benzene rings is 1. The topological polar surface area (TPSA) is 22.0 Å². The van der Waals surface area contributed by atoms with Crippen LogP contribution >= 0.6 is 0 Å². The van der Waals surface area contributed by atoms with E-state index in [-0.39, 0.29) is 0 Å². The number of para-hydroxylation sites is 1. The molecule has 0 saturated carbocycles. The van der Waals surface area contributed by atoms with E-state index in [9.17, 15) is 4.79 Å². The van der Waals surface area contributed by atoms with Crippen LogP contribution in [0.3, 0.4) is 0 Å². The summed E-state index contributed by atoms with van der Waals surface area (Å²) >= 11 is 0. The lowest BCUT2D eigenvalue weighted by Crippen LogP contribution is -2.05. The molecule has 0 N–H and O–H groups in total. The molecule has 0 amide bonds. The average Bonchev–Trinajstić information content (AvgIpc) is 2.86. The van der Waals surface area contributed by atoms with Crippen molar-refractivity contribution in [3.8, 4) is 5.69 Å². The third kappa shape index (κ3) is 2.62. The lowest BCUT2D eigenvalue weighted by atomic mass is 9.92. The molecule has 0 aliphatic rings. The highest BCUT2D eigenvalue weighted by Gasteiger charge is 2.15. The van der Waals surface area contributed by atoms with Crippen molar-refractivity contribution in [3.63, 3.8) is 0 Å². The van der Waals surface area contributed by atoms with Gasteiger partial charge in [-0.1, -0.05) is 45.9 Å². The van der Waals surface area contributed by atoms with E-state index in [1.54, 1.807) is 0 Å². The van der Waals surface area contributed by atoms with Crippen molar-refractivity contribution in [2.45, 2.75) is 39.5 Å². The van der Waals surface area contributed by atoms with Gasteiger partial charge in [0.15, 0.2) is 6.29 Å². The Balaban J connectivity index is 2.67. The van der Waals surface area contributed by atoms with Crippen LogP contribution in [0, 0.1) is 0 Å². The summed E-state index contributed by atoms with van der Waals surface area (Å²) < 4.78 is 2.08. The monoisotopic (exact) mass is 255 g/mol. The highest BCUT2D eigenvalue weighted by Crippen LogP contribution is 2.31. The predicted octanol–water partition coefficient (Wildman–Crippen LogP) is 4.54. The fraction of sp³-hybridized carbons (Fsp3) is 0.353. The first kappa shape index (κ1) is 13.6. The third-order valence-corrected chi connectivity index (χ3v) is 3.45. The lowest BCUT2D eigenvalue weighted by molar-refractivity contribution is 0.112. The summed E-state index contributed by atoms with van der Waals surface area (Å²) in [5.74, 6) is 0.909. The van der Waals surface area contributed by atoms with Gasteiger partial charge in [-0.05, 0) is 29.0 Å². The van der Waals surface area contributed by atoms with Crippen LogP contribution in [0.4, 0.5) is 0 Å². The second-order valence-corrected chi connectivity index (χ2v) is 5.56. The highest BCUT2D eigenvalue weighted by molar-refractivity contribution is 5.74. The Morgan fingerprint density at radius 3 is 2.00 bits per heavy atom. The summed E-state index contributed by atoms with van der Waals surface area (Å²) in [6.07, 6.45) is 4.76. The fourth-order valence-electron chi connectivity index (χ4n) is 2.43. The minimum atomic E-state index is 0.454. The Hall–Kier alpha value is -1.83. The molecule has 2 aromatic rings. The molecule has 2 rings (SSSR count). The molecule has 1 aromatic heterocycles. The molecule has 0 unspecified atom stereocenters. The van der Waals surface area contributed by atoms with Gasteiger partial charge >= 0.3 is 0 Å². The summed E-state index contributed by atoms with van der Waals surface area (Å²) in [6.45, 7) is 8.81. The van der Waals surface area contributed by atoms with Crippen LogP contribution < -0.4 is 0 Å². The molecule has 0 atom stereocenters. The molecule has 0 radical (unpaired) electrons. The van der Waals surface area contributed by atoms with Crippen molar-refractivity contribution in [1.29, 1.82) is 0 Å². The van der Waals surface area contributed by atoms with E-state index < -0.39 is 0 Å². The minimum absolute atomic E-state index is 0.454. The molecule has 0 bridgehead atoms. The van der Waals surface area contributed by atoms with Crippen molar-refractivity contribution >= 4 is 6.29 Å². The lowest BCUT2D eigenvalue weighted by Gasteiger charge is -2.20. The number of nitrogens with zero attached hydrogens (tertiary/aromatic N) is 1. The Kier molecular flexibility index (Phi) is 3.89. The zero-order valence-electron chi connectivity index (χ0n) is 12.1. The quantitative estimate of drug-likeness (QED) is 0.735. The number of carbonyl (C=O) groups excluding carboxylic acids is 1. The zero-order valence-corrected chi connectivity index (χ0v) is 12.1. The molecule has 1 aromatic carbocycles. The summed E-state index contributed by atoms with van der Waals surface area (Å²) in [5.41, 5.74) is 4.58. The van der Waals surface area contributed by atoms with E-state index in [0.717, 1.165) is 6.29 Å². The molecule has 19 heavy (non-hydrogen) atoms. The van der Waals surface area contributed by atoms with Crippen LogP contribution in [-0.4, -0.2) is 10.9 Å². The van der Waals surface area contributed by atoms with Crippen molar-refractivity contribution in [1.82, 2.24) is 4.57 Å². The van der Waals surface area contributed by atoms with E-state index in [1.165, 1.54) is 16.8 Å². The first-order valence-electron chi connectivity index (χ1n) is 6.81.